The van der Waals surface area contributed by atoms with Gasteiger partial charge < -0.3 is 24.1 Å². The number of carbonyl (C=O) groups excluding carboxylic acids is 3. The lowest BCUT2D eigenvalue weighted by molar-refractivity contribution is -0.132. The molecule has 1 N–H and O–H groups in total. The van der Waals surface area contributed by atoms with Gasteiger partial charge in [-0.3, -0.25) is 14.5 Å². The van der Waals surface area contributed by atoms with Crippen LogP contribution in [0.4, 0.5) is 5.13 Å². The van der Waals surface area contributed by atoms with Crippen molar-refractivity contribution in [1.29, 1.82) is 0 Å². The van der Waals surface area contributed by atoms with Crippen LogP contribution >= 0.6 is 11.3 Å². The maximum atomic E-state index is 13.7. The third-order valence-corrected chi connectivity index (χ3v) is 8.38. The summed E-state index contributed by atoms with van der Waals surface area (Å²) in [6, 6.07) is 10.7. The van der Waals surface area contributed by atoms with Crippen LogP contribution in [0.5, 0.6) is 17.2 Å². The van der Waals surface area contributed by atoms with Crippen molar-refractivity contribution in [3.8, 4) is 17.2 Å². The fourth-order valence-electron chi connectivity index (χ4n) is 4.79. The summed E-state index contributed by atoms with van der Waals surface area (Å²) in [5, 5.41) is 11.7. The Morgan fingerprint density at radius 3 is 2.42 bits per heavy atom. The van der Waals surface area contributed by atoms with Crippen molar-refractivity contribution in [1.82, 2.24) is 4.98 Å². The van der Waals surface area contributed by atoms with E-state index in [4.69, 9.17) is 18.9 Å². The number of aliphatic hydroxyl groups is 1. The van der Waals surface area contributed by atoms with Gasteiger partial charge in [0, 0.05) is 5.56 Å². The molecule has 1 aliphatic heterocycles. The van der Waals surface area contributed by atoms with Gasteiger partial charge in [0.1, 0.15) is 16.4 Å². The number of hydrogen-bond acceptors (Lipinski definition) is 10. The second-order valence-electron chi connectivity index (χ2n) is 11.0. The number of hydrogen-bond donors (Lipinski definition) is 1. The number of ether oxygens (including phenoxy) is 4. The highest BCUT2D eigenvalue weighted by Gasteiger charge is 2.48. The van der Waals surface area contributed by atoms with Crippen molar-refractivity contribution in [3.05, 3.63) is 69.7 Å². The maximum absolute atomic E-state index is 13.7. The lowest BCUT2D eigenvalue weighted by atomic mass is 9.95. The SMILES string of the molecule is CCCCOc1ccc(/C(O)=C2/C(=O)C(=O)N(c3nc(C)c(C(=O)OCC)s3)C2c2ccc(OCCC(C)C)c(OC)c2)cc1. The van der Waals surface area contributed by atoms with Crippen molar-refractivity contribution >= 4 is 39.9 Å². The van der Waals surface area contributed by atoms with Crippen LogP contribution in [-0.4, -0.2) is 54.7 Å². The summed E-state index contributed by atoms with van der Waals surface area (Å²) in [4.78, 5) is 45.9. The molecule has 0 bridgehead atoms. The molecule has 1 fully saturated rings. The fraction of sp³-hybridized carbons (Fsp3) is 0.412. The lowest BCUT2D eigenvalue weighted by Gasteiger charge is -2.24. The number of aromatic nitrogens is 1. The quantitative estimate of drug-likeness (QED) is 0.0664. The Balaban J connectivity index is 1.83. The highest BCUT2D eigenvalue weighted by molar-refractivity contribution is 7.17. The topological polar surface area (TPSA) is 124 Å². The Kier molecular flexibility index (Phi) is 11.2. The van der Waals surface area contributed by atoms with Crippen LogP contribution in [0.15, 0.2) is 48.0 Å². The number of anilines is 1. The number of aliphatic hydroxyl groups excluding tert-OH is 1. The molecule has 0 radical (unpaired) electrons. The van der Waals surface area contributed by atoms with Gasteiger partial charge in [-0.2, -0.15) is 0 Å². The van der Waals surface area contributed by atoms with Gasteiger partial charge in [0.05, 0.1) is 44.2 Å². The van der Waals surface area contributed by atoms with Gasteiger partial charge in [-0.05, 0) is 74.6 Å². The van der Waals surface area contributed by atoms with Gasteiger partial charge in [-0.25, -0.2) is 9.78 Å². The van der Waals surface area contributed by atoms with Crippen molar-refractivity contribution in [2.45, 2.75) is 59.9 Å². The summed E-state index contributed by atoms with van der Waals surface area (Å²) >= 11 is 0.947. The van der Waals surface area contributed by atoms with Crippen LogP contribution in [0.1, 0.15) is 79.5 Å². The van der Waals surface area contributed by atoms with E-state index < -0.39 is 23.7 Å². The van der Waals surface area contributed by atoms with Gasteiger partial charge in [0.15, 0.2) is 16.6 Å². The summed E-state index contributed by atoms with van der Waals surface area (Å²) in [7, 11) is 1.51. The first-order chi connectivity index (χ1) is 21.6. The smallest absolute Gasteiger partial charge is 0.350 e. The predicted octanol–water partition coefficient (Wildman–Crippen LogP) is 6.87. The molecule has 3 aromatic rings. The molecule has 0 aliphatic carbocycles. The normalized spacial score (nSPS) is 15.9. The van der Waals surface area contributed by atoms with Crippen LogP contribution in [0.2, 0.25) is 0 Å². The number of nitrogens with zero attached hydrogens (tertiary/aromatic N) is 2. The van der Waals surface area contributed by atoms with Crippen molar-refractivity contribution in [3.63, 3.8) is 0 Å². The number of thiazole rings is 1. The molecule has 0 saturated carbocycles. The van der Waals surface area contributed by atoms with Crippen LogP contribution in [0.3, 0.4) is 0 Å². The largest absolute Gasteiger partial charge is 0.507 e. The lowest BCUT2D eigenvalue weighted by Crippen LogP contribution is -2.29. The maximum Gasteiger partial charge on any atom is 0.350 e. The number of amides is 1. The third kappa shape index (κ3) is 7.47. The Labute approximate surface area is 267 Å². The third-order valence-electron chi connectivity index (χ3n) is 7.25. The molecule has 0 spiro atoms. The molecule has 2 aromatic carbocycles. The molecule has 1 amide bonds. The molecule has 1 atom stereocenters. The molecule has 2 heterocycles. The number of rotatable bonds is 14. The zero-order valence-electron chi connectivity index (χ0n) is 26.5. The van der Waals surface area contributed by atoms with Gasteiger partial charge in [0.25, 0.3) is 5.78 Å². The first-order valence-electron chi connectivity index (χ1n) is 15.1. The highest BCUT2D eigenvalue weighted by Crippen LogP contribution is 2.45. The minimum absolute atomic E-state index is 0.123. The van der Waals surface area contributed by atoms with E-state index in [2.05, 4.69) is 25.8 Å². The van der Waals surface area contributed by atoms with Crippen LogP contribution in [0.25, 0.3) is 5.76 Å². The Morgan fingerprint density at radius 1 is 1.04 bits per heavy atom. The zero-order chi connectivity index (χ0) is 32.7. The summed E-state index contributed by atoms with van der Waals surface area (Å²) in [5.41, 5.74) is 1.05. The number of benzene rings is 2. The standard InChI is InChI=1S/C34H40N2O8S/c1-7-9-17-43-24-13-10-22(11-14-24)29(37)27-28(23-12-15-25(26(19-23)41-6)44-18-16-20(3)4)36(32(39)30(27)38)34-35-21(5)31(45-34)33(40)42-8-2/h10-15,19-20,28,37H,7-9,16-18H2,1-6H3/b29-27-. The Bertz CT molecular complexity index is 1560. The van der Waals surface area contributed by atoms with Crippen molar-refractivity contribution in [2.24, 2.45) is 5.92 Å². The van der Waals surface area contributed by atoms with E-state index in [1.165, 1.54) is 12.0 Å². The van der Waals surface area contributed by atoms with Crippen LogP contribution < -0.4 is 19.1 Å². The van der Waals surface area contributed by atoms with Gasteiger partial charge >= 0.3 is 11.9 Å². The zero-order valence-corrected chi connectivity index (χ0v) is 27.4. The van der Waals surface area contributed by atoms with E-state index in [1.807, 2.05) is 0 Å². The van der Waals surface area contributed by atoms with Crippen LogP contribution in [-0.2, 0) is 14.3 Å². The monoisotopic (exact) mass is 636 g/mol. The minimum Gasteiger partial charge on any atom is -0.507 e. The number of Topliss-reactive ketones (excluding diaryl/α,β-unsaturated/α-hetero) is 1. The number of carbonyl (C=O) groups is 3. The average molecular weight is 637 g/mol. The molecule has 10 nitrogen and oxygen atoms in total. The summed E-state index contributed by atoms with van der Waals surface area (Å²) in [6.45, 7) is 10.8. The van der Waals surface area contributed by atoms with E-state index in [0.717, 1.165) is 30.6 Å². The van der Waals surface area contributed by atoms with Crippen molar-refractivity contribution < 1.29 is 38.4 Å². The van der Waals surface area contributed by atoms with Gasteiger partial charge in [-0.15, -0.1) is 0 Å². The number of unbranched alkanes of at least 4 members (excludes halogenated alkanes) is 1. The van der Waals surface area contributed by atoms with E-state index in [1.54, 1.807) is 56.3 Å². The molecular weight excluding hydrogens is 596 g/mol. The van der Waals surface area contributed by atoms with E-state index in [0.29, 0.717) is 53.2 Å². The molecule has 1 unspecified atom stereocenters. The number of methoxy groups -OCH3 is 1. The second-order valence-corrected chi connectivity index (χ2v) is 11.9. The van der Waals surface area contributed by atoms with E-state index >= 15 is 0 Å². The molecule has 4 rings (SSSR count). The molecule has 1 aliphatic rings. The van der Waals surface area contributed by atoms with E-state index in [9.17, 15) is 19.5 Å². The molecule has 45 heavy (non-hydrogen) atoms. The summed E-state index contributed by atoms with van der Waals surface area (Å²) in [5.74, 6) is -0.712. The molecule has 11 heteroatoms. The van der Waals surface area contributed by atoms with Crippen LogP contribution in [0, 0.1) is 12.8 Å². The minimum atomic E-state index is -1.08. The molecular formula is C34H40N2O8S. The number of esters is 1. The summed E-state index contributed by atoms with van der Waals surface area (Å²) in [6.07, 6.45) is 2.75. The Hall–Kier alpha value is -4.38. The Morgan fingerprint density at radius 2 is 1.78 bits per heavy atom. The summed E-state index contributed by atoms with van der Waals surface area (Å²) < 4.78 is 22.5. The van der Waals surface area contributed by atoms with Gasteiger partial charge in [0.2, 0.25) is 0 Å². The molecule has 240 valence electrons. The number of ketones is 1. The first kappa shape index (κ1) is 33.5. The van der Waals surface area contributed by atoms with Crippen molar-refractivity contribution in [2.75, 3.05) is 31.8 Å². The first-order valence-corrected chi connectivity index (χ1v) is 15.9. The average Bonchev–Trinajstić information content (AvgIpc) is 3.53. The molecule has 1 aromatic heterocycles. The predicted molar refractivity (Wildman–Crippen MR) is 172 cm³/mol. The van der Waals surface area contributed by atoms with E-state index in [-0.39, 0.29) is 27.9 Å². The number of aryl methyl sites for hydroxylation is 1. The fourth-order valence-corrected chi connectivity index (χ4v) is 5.78. The molecule has 1 saturated heterocycles. The highest BCUT2D eigenvalue weighted by atomic mass is 32.1. The second kappa shape index (κ2) is 15.1. The van der Waals surface area contributed by atoms with Gasteiger partial charge in [-0.1, -0.05) is 44.6 Å².